The lowest BCUT2D eigenvalue weighted by molar-refractivity contribution is 1.40. The molecule has 0 rings (SSSR count). The summed E-state index contributed by atoms with van der Waals surface area (Å²) in [5, 5.41) is 0. The highest BCUT2D eigenvalue weighted by molar-refractivity contribution is 5.04. The Morgan fingerprint density at radius 3 is 1.64 bits per heavy atom. The molecule has 0 heterocycles. The van der Waals surface area contributed by atoms with E-state index >= 15 is 0 Å². The maximum absolute atomic E-state index is 3.52. The van der Waals surface area contributed by atoms with Gasteiger partial charge in [0.25, 0.3) is 0 Å². The fourth-order valence-corrected chi connectivity index (χ4v) is 0.372. The first-order chi connectivity index (χ1) is 5.18. The molecule has 0 aromatic rings. The first kappa shape index (κ1) is 12.6. The Hall–Kier alpha value is -1.04. The van der Waals surface area contributed by atoms with Crippen molar-refractivity contribution in [2.24, 2.45) is 0 Å². The summed E-state index contributed by atoms with van der Waals surface area (Å²) in [6.07, 6.45) is 9.34. The van der Waals surface area contributed by atoms with Crippen molar-refractivity contribution in [3.63, 3.8) is 0 Å². The molecule has 0 bridgehead atoms. The SMILES string of the molecule is C=CC=C(C)C.C=CC=CC. The van der Waals surface area contributed by atoms with Gasteiger partial charge in [0.2, 0.25) is 0 Å². The first-order valence-corrected chi connectivity index (χ1v) is 3.68. The van der Waals surface area contributed by atoms with E-state index in [0.717, 1.165) is 0 Å². The second kappa shape index (κ2) is 11.7. The van der Waals surface area contributed by atoms with Crippen molar-refractivity contribution in [3.8, 4) is 0 Å². The van der Waals surface area contributed by atoms with Crippen molar-refractivity contribution in [2.45, 2.75) is 20.8 Å². The fourth-order valence-electron chi connectivity index (χ4n) is 0.372. The van der Waals surface area contributed by atoms with Crippen LogP contribution in [0.4, 0.5) is 0 Å². The van der Waals surface area contributed by atoms with Gasteiger partial charge in [-0.2, -0.15) is 0 Å². The molecule has 0 amide bonds. The summed E-state index contributed by atoms with van der Waals surface area (Å²) in [4.78, 5) is 0. The quantitative estimate of drug-likeness (QED) is 0.524. The summed E-state index contributed by atoms with van der Waals surface area (Å²) in [5.41, 5.74) is 1.30. The minimum absolute atomic E-state index is 1.30. The summed E-state index contributed by atoms with van der Waals surface area (Å²) >= 11 is 0. The van der Waals surface area contributed by atoms with Crippen molar-refractivity contribution in [1.82, 2.24) is 0 Å². The molecule has 0 spiro atoms. The third kappa shape index (κ3) is 27.7. The normalized spacial score (nSPS) is 7.91. The van der Waals surface area contributed by atoms with E-state index in [0.29, 0.717) is 0 Å². The Morgan fingerprint density at radius 1 is 1.09 bits per heavy atom. The molecule has 62 valence electrons. The molecule has 0 aliphatic rings. The molecule has 0 aromatic heterocycles. The average molecular weight is 150 g/mol. The standard InChI is InChI=1S/C6H10.C5H8/c1-4-5-6(2)3;1-3-5-4-2/h4-5H,1H2,2-3H3;3-5H,1H2,2H3. The molecule has 0 atom stereocenters. The van der Waals surface area contributed by atoms with Gasteiger partial charge >= 0.3 is 0 Å². The molecule has 0 saturated heterocycles. The predicted molar refractivity (Wildman–Crippen MR) is 54.6 cm³/mol. The molecule has 11 heavy (non-hydrogen) atoms. The average Bonchev–Trinajstić information content (AvgIpc) is 1.90. The molecule has 0 nitrogen and oxygen atoms in total. The summed E-state index contributed by atoms with van der Waals surface area (Å²) in [6.45, 7) is 13.0. The zero-order chi connectivity index (χ0) is 9.11. The third-order valence-electron chi connectivity index (χ3n) is 0.780. The molecule has 0 aliphatic carbocycles. The van der Waals surface area contributed by atoms with Gasteiger partial charge in [-0.3, -0.25) is 0 Å². The monoisotopic (exact) mass is 150 g/mol. The lowest BCUT2D eigenvalue weighted by Gasteiger charge is -1.76. The van der Waals surface area contributed by atoms with Crippen molar-refractivity contribution in [1.29, 1.82) is 0 Å². The topological polar surface area (TPSA) is 0 Å². The van der Waals surface area contributed by atoms with Gasteiger partial charge in [-0.25, -0.2) is 0 Å². The molecule has 0 unspecified atom stereocenters. The molecule has 0 saturated carbocycles. The predicted octanol–water partition coefficient (Wildman–Crippen LogP) is 3.89. The smallest absolute Gasteiger partial charge is 0.0439 e. The maximum atomic E-state index is 3.52. The Bertz CT molecular complexity index is 143. The molecule has 0 N–H and O–H groups in total. The zero-order valence-corrected chi connectivity index (χ0v) is 7.80. The highest BCUT2D eigenvalue weighted by Gasteiger charge is 1.63. The van der Waals surface area contributed by atoms with Crippen LogP contribution in [-0.4, -0.2) is 0 Å². The number of rotatable bonds is 2. The lowest BCUT2D eigenvalue weighted by atomic mass is 10.3. The highest BCUT2D eigenvalue weighted by Crippen LogP contribution is 1.85. The molecule has 0 aliphatic heterocycles. The van der Waals surface area contributed by atoms with E-state index < -0.39 is 0 Å². The number of hydrogen-bond acceptors (Lipinski definition) is 0. The molecular weight excluding hydrogens is 132 g/mol. The number of hydrogen-bond donors (Lipinski definition) is 0. The molecule has 0 heteroatoms. The van der Waals surface area contributed by atoms with Gasteiger partial charge in [0.15, 0.2) is 0 Å². The van der Waals surface area contributed by atoms with Crippen LogP contribution in [0.25, 0.3) is 0 Å². The zero-order valence-electron chi connectivity index (χ0n) is 7.80. The minimum Gasteiger partial charge on any atom is -0.0991 e. The van der Waals surface area contributed by atoms with Crippen LogP contribution in [0, 0.1) is 0 Å². The van der Waals surface area contributed by atoms with E-state index in [1.807, 2.05) is 39.0 Å². The summed E-state index contributed by atoms with van der Waals surface area (Å²) < 4.78 is 0. The van der Waals surface area contributed by atoms with Gasteiger partial charge in [0, 0.05) is 0 Å². The second-order valence-corrected chi connectivity index (χ2v) is 2.24. The summed E-state index contributed by atoms with van der Waals surface area (Å²) in [7, 11) is 0. The van der Waals surface area contributed by atoms with E-state index in [1.54, 1.807) is 12.2 Å². The van der Waals surface area contributed by atoms with E-state index in [-0.39, 0.29) is 0 Å². The Balaban J connectivity index is 0. The lowest BCUT2D eigenvalue weighted by Crippen LogP contribution is -1.54. The Kier molecular flexibility index (Phi) is 13.4. The van der Waals surface area contributed by atoms with Crippen LogP contribution in [0.15, 0.2) is 49.1 Å². The van der Waals surface area contributed by atoms with Gasteiger partial charge in [-0.15, -0.1) is 0 Å². The molecule has 0 aromatic carbocycles. The maximum Gasteiger partial charge on any atom is -0.0439 e. The minimum atomic E-state index is 1.30. The second-order valence-electron chi connectivity index (χ2n) is 2.24. The van der Waals surface area contributed by atoms with E-state index in [4.69, 9.17) is 0 Å². The van der Waals surface area contributed by atoms with Gasteiger partial charge in [0.05, 0.1) is 0 Å². The van der Waals surface area contributed by atoms with E-state index in [2.05, 4.69) is 13.2 Å². The summed E-state index contributed by atoms with van der Waals surface area (Å²) in [6, 6.07) is 0. The largest absolute Gasteiger partial charge is 0.0991 e. The van der Waals surface area contributed by atoms with Gasteiger partial charge < -0.3 is 0 Å². The van der Waals surface area contributed by atoms with Gasteiger partial charge in [0.1, 0.15) is 0 Å². The molecular formula is C11H18. The van der Waals surface area contributed by atoms with Crippen LogP contribution in [0.3, 0.4) is 0 Å². The van der Waals surface area contributed by atoms with E-state index in [9.17, 15) is 0 Å². The van der Waals surface area contributed by atoms with E-state index in [1.165, 1.54) is 5.57 Å². The van der Waals surface area contributed by atoms with Crippen molar-refractivity contribution in [3.05, 3.63) is 49.1 Å². The number of allylic oxidation sites excluding steroid dienone is 6. The van der Waals surface area contributed by atoms with Gasteiger partial charge in [-0.05, 0) is 20.8 Å². The van der Waals surface area contributed by atoms with Crippen molar-refractivity contribution in [2.75, 3.05) is 0 Å². The van der Waals surface area contributed by atoms with Gasteiger partial charge in [-0.1, -0.05) is 49.1 Å². The van der Waals surface area contributed by atoms with Crippen LogP contribution in [0.2, 0.25) is 0 Å². The first-order valence-electron chi connectivity index (χ1n) is 3.68. The third-order valence-corrected chi connectivity index (χ3v) is 0.780. The van der Waals surface area contributed by atoms with Crippen molar-refractivity contribution >= 4 is 0 Å². The van der Waals surface area contributed by atoms with Crippen molar-refractivity contribution < 1.29 is 0 Å². The van der Waals surface area contributed by atoms with Crippen LogP contribution < -0.4 is 0 Å². The molecule has 0 radical (unpaired) electrons. The Labute approximate surface area is 70.6 Å². The van der Waals surface area contributed by atoms with Crippen LogP contribution in [-0.2, 0) is 0 Å². The highest BCUT2D eigenvalue weighted by atomic mass is 13.7. The fraction of sp³-hybridized carbons (Fsp3) is 0.273. The van der Waals surface area contributed by atoms with Crippen LogP contribution in [0.5, 0.6) is 0 Å². The summed E-state index contributed by atoms with van der Waals surface area (Å²) in [5.74, 6) is 0. The Morgan fingerprint density at radius 2 is 1.64 bits per heavy atom. The molecule has 0 fully saturated rings. The van der Waals surface area contributed by atoms with Crippen LogP contribution in [0.1, 0.15) is 20.8 Å². The van der Waals surface area contributed by atoms with Crippen LogP contribution >= 0.6 is 0 Å².